The largest absolute Gasteiger partial charge is 0.367 e. The third kappa shape index (κ3) is 2.43. The quantitative estimate of drug-likeness (QED) is 0.696. The van der Waals surface area contributed by atoms with Gasteiger partial charge in [-0.15, -0.1) is 0 Å². The summed E-state index contributed by atoms with van der Waals surface area (Å²) < 4.78 is 1.16. The third-order valence-electron chi connectivity index (χ3n) is 2.95. The average molecular weight is 266 g/mol. The van der Waals surface area contributed by atoms with Crippen molar-refractivity contribution in [3.8, 4) is 0 Å². The lowest BCUT2D eigenvalue weighted by Gasteiger charge is -2.29. The van der Waals surface area contributed by atoms with Gasteiger partial charge in [-0.1, -0.05) is 33.6 Å². The Kier molecular flexibility index (Phi) is 3.15. The van der Waals surface area contributed by atoms with E-state index in [0.29, 0.717) is 0 Å². The summed E-state index contributed by atoms with van der Waals surface area (Å²) >= 11 is 3.53. The van der Waals surface area contributed by atoms with Gasteiger partial charge in [0.25, 0.3) is 0 Å². The van der Waals surface area contributed by atoms with Crippen LogP contribution in [0.5, 0.6) is 0 Å². The molecule has 1 aromatic rings. The molecule has 0 fully saturated rings. The zero-order valence-electron chi connectivity index (χ0n) is 9.26. The van der Waals surface area contributed by atoms with Crippen LogP contribution in [0.25, 0.3) is 0 Å². The second kappa shape index (κ2) is 4.40. The monoisotopic (exact) mass is 265 g/mol. The van der Waals surface area contributed by atoms with Crippen molar-refractivity contribution in [2.24, 2.45) is 0 Å². The van der Waals surface area contributed by atoms with Crippen LogP contribution in [0.3, 0.4) is 0 Å². The molecule has 1 aliphatic rings. The van der Waals surface area contributed by atoms with E-state index in [9.17, 15) is 0 Å². The molecule has 0 aliphatic carbocycles. The van der Waals surface area contributed by atoms with Crippen LogP contribution in [-0.4, -0.2) is 13.1 Å². The molecule has 0 spiro atoms. The summed E-state index contributed by atoms with van der Waals surface area (Å²) in [5, 5.41) is 0. The van der Waals surface area contributed by atoms with E-state index in [2.05, 4.69) is 59.0 Å². The van der Waals surface area contributed by atoms with Crippen molar-refractivity contribution < 1.29 is 0 Å². The zero-order chi connectivity index (χ0) is 10.8. The number of hydrogen-bond acceptors (Lipinski definition) is 1. The average Bonchev–Trinajstić information content (AvgIpc) is 2.23. The Labute approximate surface area is 99.9 Å². The molecule has 0 atom stereocenters. The van der Waals surface area contributed by atoms with Crippen LogP contribution < -0.4 is 4.90 Å². The Morgan fingerprint density at radius 3 is 2.73 bits per heavy atom. The minimum Gasteiger partial charge on any atom is -0.367 e. The van der Waals surface area contributed by atoms with E-state index in [-0.39, 0.29) is 0 Å². The van der Waals surface area contributed by atoms with E-state index in [0.717, 1.165) is 17.6 Å². The minimum absolute atomic E-state index is 1.04. The first-order valence-electron chi connectivity index (χ1n) is 5.33. The van der Waals surface area contributed by atoms with Gasteiger partial charge in [-0.3, -0.25) is 0 Å². The lowest BCUT2D eigenvalue weighted by atomic mass is 10.1. The number of benzene rings is 1. The Morgan fingerprint density at radius 2 is 2.07 bits per heavy atom. The standard InChI is InChI=1S/C13H16BrN/c1-10-5-7-15(8-6-10)13-9-12(14)4-3-11(13)2/h3-5,9H,6-8H2,1-2H3. The molecule has 2 heteroatoms. The van der Waals surface area contributed by atoms with Crippen molar-refractivity contribution in [3.05, 3.63) is 39.9 Å². The van der Waals surface area contributed by atoms with E-state index in [1.807, 2.05) is 0 Å². The second-order valence-corrected chi connectivity index (χ2v) is 5.09. The van der Waals surface area contributed by atoms with E-state index >= 15 is 0 Å². The predicted molar refractivity (Wildman–Crippen MR) is 69.5 cm³/mol. The van der Waals surface area contributed by atoms with Crippen LogP contribution in [0.1, 0.15) is 18.9 Å². The smallest absolute Gasteiger partial charge is 0.0410 e. The zero-order valence-corrected chi connectivity index (χ0v) is 10.8. The molecule has 0 radical (unpaired) electrons. The first-order valence-corrected chi connectivity index (χ1v) is 6.13. The summed E-state index contributed by atoms with van der Waals surface area (Å²) in [5.41, 5.74) is 4.22. The molecule has 0 saturated heterocycles. The number of hydrogen-bond donors (Lipinski definition) is 0. The molecular weight excluding hydrogens is 250 g/mol. The summed E-state index contributed by atoms with van der Waals surface area (Å²) in [4.78, 5) is 2.44. The summed E-state index contributed by atoms with van der Waals surface area (Å²) in [7, 11) is 0. The van der Waals surface area contributed by atoms with E-state index in [1.54, 1.807) is 0 Å². The van der Waals surface area contributed by atoms with Gasteiger partial charge in [-0.25, -0.2) is 0 Å². The molecular formula is C13H16BrN. The Morgan fingerprint density at radius 1 is 1.27 bits per heavy atom. The molecule has 1 nitrogen and oxygen atoms in total. The maximum Gasteiger partial charge on any atom is 0.0410 e. The summed E-state index contributed by atoms with van der Waals surface area (Å²) in [6.07, 6.45) is 3.51. The predicted octanol–water partition coefficient (Wildman–Crippen LogP) is 3.91. The molecule has 0 bridgehead atoms. The molecule has 1 heterocycles. The highest BCUT2D eigenvalue weighted by atomic mass is 79.9. The highest BCUT2D eigenvalue weighted by Crippen LogP contribution is 2.26. The number of aryl methyl sites for hydroxylation is 1. The number of halogens is 1. The van der Waals surface area contributed by atoms with Gasteiger partial charge in [-0.2, -0.15) is 0 Å². The maximum absolute atomic E-state index is 3.53. The maximum atomic E-state index is 3.53. The summed E-state index contributed by atoms with van der Waals surface area (Å²) in [6, 6.07) is 6.48. The summed E-state index contributed by atoms with van der Waals surface area (Å²) in [5.74, 6) is 0. The van der Waals surface area contributed by atoms with Crippen molar-refractivity contribution in [1.29, 1.82) is 0 Å². The number of nitrogens with zero attached hydrogens (tertiary/aromatic N) is 1. The normalized spacial score (nSPS) is 16.5. The third-order valence-corrected chi connectivity index (χ3v) is 3.44. The Hall–Kier alpha value is -0.760. The minimum atomic E-state index is 1.04. The Bertz CT molecular complexity index is 396. The molecule has 2 rings (SSSR count). The fourth-order valence-corrected chi connectivity index (χ4v) is 2.26. The summed E-state index contributed by atoms with van der Waals surface area (Å²) in [6.45, 7) is 6.57. The Balaban J connectivity index is 2.26. The van der Waals surface area contributed by atoms with Crippen LogP contribution in [0.15, 0.2) is 34.3 Å². The highest BCUT2D eigenvalue weighted by Gasteiger charge is 2.12. The fraction of sp³-hybridized carbons (Fsp3) is 0.385. The van der Waals surface area contributed by atoms with Crippen LogP contribution in [0, 0.1) is 6.92 Å². The van der Waals surface area contributed by atoms with E-state index < -0.39 is 0 Å². The second-order valence-electron chi connectivity index (χ2n) is 4.18. The van der Waals surface area contributed by atoms with E-state index in [1.165, 1.54) is 23.2 Å². The van der Waals surface area contributed by atoms with Gasteiger partial charge in [-0.05, 0) is 38.0 Å². The van der Waals surface area contributed by atoms with Crippen molar-refractivity contribution in [2.75, 3.05) is 18.0 Å². The van der Waals surface area contributed by atoms with Gasteiger partial charge in [0.1, 0.15) is 0 Å². The lowest BCUT2D eigenvalue weighted by molar-refractivity contribution is 0.785. The molecule has 0 N–H and O–H groups in total. The number of anilines is 1. The molecule has 0 amide bonds. The van der Waals surface area contributed by atoms with Gasteiger partial charge in [0.05, 0.1) is 0 Å². The molecule has 80 valence electrons. The van der Waals surface area contributed by atoms with Crippen LogP contribution in [0.2, 0.25) is 0 Å². The molecule has 1 aliphatic heterocycles. The van der Waals surface area contributed by atoms with Crippen LogP contribution >= 0.6 is 15.9 Å². The lowest BCUT2D eigenvalue weighted by Crippen LogP contribution is -2.28. The van der Waals surface area contributed by atoms with Crippen molar-refractivity contribution >= 4 is 21.6 Å². The van der Waals surface area contributed by atoms with Gasteiger partial charge in [0.15, 0.2) is 0 Å². The van der Waals surface area contributed by atoms with Gasteiger partial charge >= 0.3 is 0 Å². The van der Waals surface area contributed by atoms with Crippen LogP contribution in [0.4, 0.5) is 5.69 Å². The highest BCUT2D eigenvalue weighted by molar-refractivity contribution is 9.10. The SMILES string of the molecule is CC1=CCN(c2cc(Br)ccc2C)CC1. The molecule has 1 aromatic carbocycles. The van der Waals surface area contributed by atoms with Crippen LogP contribution in [-0.2, 0) is 0 Å². The van der Waals surface area contributed by atoms with Gasteiger partial charge in [0.2, 0.25) is 0 Å². The van der Waals surface area contributed by atoms with E-state index in [4.69, 9.17) is 0 Å². The molecule has 15 heavy (non-hydrogen) atoms. The number of rotatable bonds is 1. The van der Waals surface area contributed by atoms with Crippen molar-refractivity contribution in [3.63, 3.8) is 0 Å². The molecule has 0 aromatic heterocycles. The first kappa shape index (κ1) is 10.7. The molecule has 0 saturated carbocycles. The molecule has 0 unspecified atom stereocenters. The fourth-order valence-electron chi connectivity index (χ4n) is 1.91. The van der Waals surface area contributed by atoms with Crippen molar-refractivity contribution in [1.82, 2.24) is 0 Å². The van der Waals surface area contributed by atoms with Gasteiger partial charge < -0.3 is 4.90 Å². The topological polar surface area (TPSA) is 3.24 Å². The van der Waals surface area contributed by atoms with Crippen molar-refractivity contribution in [2.45, 2.75) is 20.3 Å². The van der Waals surface area contributed by atoms with Gasteiger partial charge in [0, 0.05) is 23.2 Å². The first-order chi connectivity index (χ1) is 7.16.